The number of nitro groups is 1. The van der Waals surface area contributed by atoms with E-state index in [-0.39, 0.29) is 17.6 Å². The Labute approximate surface area is 138 Å². The van der Waals surface area contributed by atoms with Crippen molar-refractivity contribution in [1.82, 2.24) is 0 Å². The molecule has 0 radical (unpaired) electrons. The van der Waals surface area contributed by atoms with E-state index in [1.165, 1.54) is 23.2 Å². The molecule has 3 rings (SSSR count). The van der Waals surface area contributed by atoms with E-state index < -0.39 is 4.92 Å². The molecule has 2 aromatic rings. The summed E-state index contributed by atoms with van der Waals surface area (Å²) in [5.41, 5.74) is 3.62. The topological polar surface area (TPSA) is 89.0 Å². The van der Waals surface area contributed by atoms with Crippen molar-refractivity contribution in [2.45, 2.75) is 20.8 Å². The molecule has 0 unspecified atom stereocenters. The number of furan rings is 1. The summed E-state index contributed by atoms with van der Waals surface area (Å²) in [6, 6.07) is 8.44. The molecular formula is C17H15N3O4. The van der Waals surface area contributed by atoms with Gasteiger partial charge in [-0.15, -0.1) is 0 Å². The maximum Gasteiger partial charge on any atom is 0.433 e. The molecule has 0 saturated heterocycles. The van der Waals surface area contributed by atoms with Crippen LogP contribution < -0.4 is 5.01 Å². The van der Waals surface area contributed by atoms with E-state index in [9.17, 15) is 14.9 Å². The van der Waals surface area contributed by atoms with Crippen molar-refractivity contribution in [2.75, 3.05) is 5.01 Å². The fourth-order valence-electron chi connectivity index (χ4n) is 2.55. The van der Waals surface area contributed by atoms with Gasteiger partial charge in [-0.3, -0.25) is 14.9 Å². The van der Waals surface area contributed by atoms with Gasteiger partial charge in [-0.2, -0.15) is 10.1 Å². The van der Waals surface area contributed by atoms with E-state index in [2.05, 4.69) is 5.10 Å². The number of nitrogens with zero attached hydrogens (tertiary/aromatic N) is 3. The lowest BCUT2D eigenvalue weighted by molar-refractivity contribution is -0.402. The van der Waals surface area contributed by atoms with E-state index in [1.54, 1.807) is 6.92 Å². The molecule has 1 aromatic carbocycles. The number of hydrogen-bond donors (Lipinski definition) is 0. The number of hydrogen-bond acceptors (Lipinski definition) is 5. The molecule has 1 aliphatic heterocycles. The van der Waals surface area contributed by atoms with Gasteiger partial charge in [0.1, 0.15) is 10.7 Å². The Kier molecular flexibility index (Phi) is 3.76. The molecule has 122 valence electrons. The largest absolute Gasteiger partial charge is 0.433 e. The van der Waals surface area contributed by atoms with Crippen LogP contribution in [-0.4, -0.2) is 16.5 Å². The van der Waals surface area contributed by atoms with Crippen LogP contribution in [0.25, 0.3) is 6.08 Å². The van der Waals surface area contributed by atoms with Gasteiger partial charge in [0.05, 0.1) is 23.0 Å². The zero-order valence-electron chi connectivity index (χ0n) is 13.4. The van der Waals surface area contributed by atoms with Crippen LogP contribution in [0, 0.1) is 24.0 Å². The third-order valence-corrected chi connectivity index (χ3v) is 3.72. The number of aryl methyl sites for hydroxylation is 2. The van der Waals surface area contributed by atoms with Crippen LogP contribution in [0.4, 0.5) is 11.6 Å². The SMILES string of the molecule is CC1=NN(c2ccc(C)cc2C)C(=O)/C1=C\c1ccc([N+](=O)[O-])o1. The van der Waals surface area contributed by atoms with E-state index in [0.29, 0.717) is 17.0 Å². The first-order valence-corrected chi connectivity index (χ1v) is 7.30. The van der Waals surface area contributed by atoms with E-state index in [0.717, 1.165) is 11.1 Å². The fourth-order valence-corrected chi connectivity index (χ4v) is 2.55. The first-order chi connectivity index (χ1) is 11.4. The minimum absolute atomic E-state index is 0.238. The van der Waals surface area contributed by atoms with Crippen molar-refractivity contribution in [3.8, 4) is 0 Å². The molecule has 0 spiro atoms. The van der Waals surface area contributed by atoms with Gasteiger partial charge in [-0.25, -0.2) is 0 Å². The summed E-state index contributed by atoms with van der Waals surface area (Å²) < 4.78 is 5.08. The highest BCUT2D eigenvalue weighted by Gasteiger charge is 2.30. The van der Waals surface area contributed by atoms with Gasteiger partial charge in [-0.05, 0) is 44.5 Å². The van der Waals surface area contributed by atoms with E-state index >= 15 is 0 Å². The third-order valence-electron chi connectivity index (χ3n) is 3.72. The molecule has 24 heavy (non-hydrogen) atoms. The van der Waals surface area contributed by atoms with Gasteiger partial charge >= 0.3 is 5.88 Å². The molecule has 7 heteroatoms. The number of carbonyl (C=O) groups is 1. The van der Waals surface area contributed by atoms with Crippen LogP contribution in [0.1, 0.15) is 23.8 Å². The Hall–Kier alpha value is -3.22. The predicted molar refractivity (Wildman–Crippen MR) is 89.9 cm³/mol. The number of hydrazone groups is 1. The summed E-state index contributed by atoms with van der Waals surface area (Å²) in [6.45, 7) is 5.61. The molecule has 0 bridgehead atoms. The van der Waals surface area contributed by atoms with Crippen LogP contribution in [0.15, 0.2) is 45.4 Å². The maximum absolute atomic E-state index is 12.7. The summed E-state index contributed by atoms with van der Waals surface area (Å²) in [4.78, 5) is 22.7. The fraction of sp³-hybridized carbons (Fsp3) is 0.176. The number of anilines is 1. The van der Waals surface area contributed by atoms with Crippen LogP contribution >= 0.6 is 0 Å². The molecule has 1 amide bonds. The van der Waals surface area contributed by atoms with E-state index in [1.807, 2.05) is 32.0 Å². The van der Waals surface area contributed by atoms with Crippen LogP contribution in [0.2, 0.25) is 0 Å². The Morgan fingerprint density at radius 3 is 2.58 bits per heavy atom. The second-order valence-electron chi connectivity index (χ2n) is 5.58. The second kappa shape index (κ2) is 5.77. The minimum Gasteiger partial charge on any atom is -0.401 e. The maximum atomic E-state index is 12.7. The first-order valence-electron chi connectivity index (χ1n) is 7.30. The monoisotopic (exact) mass is 325 g/mol. The van der Waals surface area contributed by atoms with Crippen molar-refractivity contribution in [2.24, 2.45) is 5.10 Å². The summed E-state index contributed by atoms with van der Waals surface area (Å²) >= 11 is 0. The standard InChI is InChI=1S/C17H15N3O4/c1-10-4-6-15(11(2)8-10)19-17(21)14(12(3)18-19)9-13-5-7-16(24-13)20(22)23/h4-9H,1-3H3/b14-9-. The Balaban J connectivity index is 1.95. The van der Waals surface area contributed by atoms with Crippen molar-refractivity contribution < 1.29 is 14.1 Å². The Morgan fingerprint density at radius 1 is 1.21 bits per heavy atom. The quantitative estimate of drug-likeness (QED) is 0.490. The molecule has 2 heterocycles. The van der Waals surface area contributed by atoms with Crippen molar-refractivity contribution in [3.05, 3.63) is 62.9 Å². The zero-order valence-corrected chi connectivity index (χ0v) is 13.4. The van der Waals surface area contributed by atoms with Crippen molar-refractivity contribution >= 4 is 29.3 Å². The van der Waals surface area contributed by atoms with Gasteiger partial charge in [-0.1, -0.05) is 17.7 Å². The third kappa shape index (κ3) is 2.71. The van der Waals surface area contributed by atoms with Gasteiger partial charge in [0.25, 0.3) is 5.91 Å². The molecule has 0 N–H and O–H groups in total. The lowest BCUT2D eigenvalue weighted by atomic mass is 10.1. The lowest BCUT2D eigenvalue weighted by Crippen LogP contribution is -2.22. The van der Waals surface area contributed by atoms with Crippen LogP contribution in [0.3, 0.4) is 0 Å². The van der Waals surface area contributed by atoms with Gasteiger partial charge in [0.15, 0.2) is 0 Å². The smallest absolute Gasteiger partial charge is 0.401 e. The predicted octanol–water partition coefficient (Wildman–Crippen LogP) is 3.61. The first kappa shape index (κ1) is 15.7. The molecule has 0 atom stereocenters. The molecule has 0 aliphatic carbocycles. The van der Waals surface area contributed by atoms with Crippen molar-refractivity contribution in [1.29, 1.82) is 0 Å². The molecular weight excluding hydrogens is 310 g/mol. The average Bonchev–Trinajstić information content (AvgIpc) is 3.08. The molecule has 0 fully saturated rings. The number of carbonyl (C=O) groups excluding carboxylic acids is 1. The molecule has 0 saturated carbocycles. The van der Waals surface area contributed by atoms with Crippen molar-refractivity contribution in [3.63, 3.8) is 0 Å². The average molecular weight is 325 g/mol. The number of rotatable bonds is 3. The lowest BCUT2D eigenvalue weighted by Gasteiger charge is -2.14. The van der Waals surface area contributed by atoms with Gasteiger partial charge in [0, 0.05) is 0 Å². The summed E-state index contributed by atoms with van der Waals surface area (Å²) in [5, 5.41) is 16.3. The highest BCUT2D eigenvalue weighted by atomic mass is 16.6. The summed E-state index contributed by atoms with van der Waals surface area (Å²) in [5.74, 6) is -0.422. The molecule has 1 aromatic heterocycles. The minimum atomic E-state index is -0.624. The molecule has 7 nitrogen and oxygen atoms in total. The number of benzene rings is 1. The van der Waals surface area contributed by atoms with Gasteiger partial charge in [0.2, 0.25) is 0 Å². The Bertz CT molecular complexity index is 908. The Morgan fingerprint density at radius 2 is 1.96 bits per heavy atom. The summed E-state index contributed by atoms with van der Waals surface area (Å²) in [6.07, 6.45) is 1.47. The number of amides is 1. The summed E-state index contributed by atoms with van der Waals surface area (Å²) in [7, 11) is 0. The zero-order chi connectivity index (χ0) is 17.4. The van der Waals surface area contributed by atoms with Gasteiger partial charge < -0.3 is 4.42 Å². The molecule has 1 aliphatic rings. The van der Waals surface area contributed by atoms with Crippen LogP contribution in [0.5, 0.6) is 0 Å². The van der Waals surface area contributed by atoms with Crippen LogP contribution in [-0.2, 0) is 4.79 Å². The normalized spacial score (nSPS) is 16.0. The van der Waals surface area contributed by atoms with E-state index in [4.69, 9.17) is 4.42 Å². The highest BCUT2D eigenvalue weighted by Crippen LogP contribution is 2.29. The second-order valence-corrected chi connectivity index (χ2v) is 5.58. The highest BCUT2D eigenvalue weighted by molar-refractivity contribution is 6.32.